The number of hydrogen-bond acceptors (Lipinski definition) is 3. The Balaban J connectivity index is 2.70. The quantitative estimate of drug-likeness (QED) is 0.498. The molecule has 2 rings (SSSR count). The van der Waals surface area contributed by atoms with Crippen LogP contribution in [0, 0.1) is 0 Å². The van der Waals surface area contributed by atoms with Crippen LogP contribution in [-0.4, -0.2) is 16.3 Å². The minimum atomic E-state index is 0.236. The fourth-order valence-corrected chi connectivity index (χ4v) is 1.57. The minimum absolute atomic E-state index is 0.236. The summed E-state index contributed by atoms with van der Waals surface area (Å²) in [5.41, 5.74) is 10.3. The second-order valence-corrected chi connectivity index (χ2v) is 3.13. The highest BCUT2D eigenvalue weighted by Crippen LogP contribution is 2.29. The van der Waals surface area contributed by atoms with E-state index in [-0.39, 0.29) is 5.75 Å². The van der Waals surface area contributed by atoms with Gasteiger partial charge in [-0.3, -0.25) is 4.68 Å². The van der Waals surface area contributed by atoms with Gasteiger partial charge in [0, 0.05) is 23.8 Å². The number of phenolic OH excluding ortho intramolecular Hbond substituents is 1. The summed E-state index contributed by atoms with van der Waals surface area (Å²) in [6.45, 7) is 2.78. The standard InChI is InChI=1S/C10H13N3O/c1-2-12-13-6-5-7-8(11)3-4-9(14)10(7)13/h3-6,12,14H,2,11H2,1H3. The lowest BCUT2D eigenvalue weighted by Crippen LogP contribution is -2.12. The summed E-state index contributed by atoms with van der Waals surface area (Å²) in [7, 11) is 0. The van der Waals surface area contributed by atoms with Crippen LogP contribution in [0.25, 0.3) is 10.9 Å². The van der Waals surface area contributed by atoms with E-state index in [0.29, 0.717) is 5.69 Å². The molecule has 0 bridgehead atoms. The van der Waals surface area contributed by atoms with E-state index >= 15 is 0 Å². The van der Waals surface area contributed by atoms with Gasteiger partial charge >= 0.3 is 0 Å². The first-order valence-corrected chi connectivity index (χ1v) is 4.56. The topological polar surface area (TPSA) is 63.2 Å². The molecule has 0 aliphatic heterocycles. The molecule has 1 aromatic carbocycles. The molecule has 1 aromatic heterocycles. The zero-order valence-electron chi connectivity index (χ0n) is 7.99. The Kier molecular flexibility index (Phi) is 1.96. The molecule has 1 heterocycles. The molecular formula is C10H13N3O. The van der Waals surface area contributed by atoms with Crippen molar-refractivity contribution in [3.63, 3.8) is 0 Å². The van der Waals surface area contributed by atoms with E-state index in [1.165, 1.54) is 0 Å². The van der Waals surface area contributed by atoms with Crippen molar-refractivity contribution in [2.45, 2.75) is 6.92 Å². The second-order valence-electron chi connectivity index (χ2n) is 3.13. The normalized spacial score (nSPS) is 10.6. The summed E-state index contributed by atoms with van der Waals surface area (Å²) >= 11 is 0. The van der Waals surface area contributed by atoms with Gasteiger partial charge in [-0.05, 0) is 25.1 Å². The molecule has 4 nitrogen and oxygen atoms in total. The summed E-state index contributed by atoms with van der Waals surface area (Å²) in [5, 5.41) is 10.5. The third-order valence-electron chi connectivity index (χ3n) is 2.19. The molecule has 4 heteroatoms. The Hall–Kier alpha value is -1.84. The molecule has 0 unspecified atom stereocenters. The molecule has 0 aliphatic carbocycles. The van der Waals surface area contributed by atoms with Crippen molar-refractivity contribution in [2.75, 3.05) is 17.7 Å². The summed E-state index contributed by atoms with van der Waals surface area (Å²) in [4.78, 5) is 0. The van der Waals surface area contributed by atoms with E-state index in [4.69, 9.17) is 5.73 Å². The van der Waals surface area contributed by atoms with Crippen LogP contribution < -0.4 is 11.2 Å². The molecule has 74 valence electrons. The summed E-state index contributed by atoms with van der Waals surface area (Å²) in [5.74, 6) is 0.236. The smallest absolute Gasteiger partial charge is 0.141 e. The highest BCUT2D eigenvalue weighted by atomic mass is 16.3. The van der Waals surface area contributed by atoms with Gasteiger partial charge in [0.05, 0.1) is 0 Å². The van der Waals surface area contributed by atoms with Crippen molar-refractivity contribution in [2.24, 2.45) is 0 Å². The van der Waals surface area contributed by atoms with E-state index in [9.17, 15) is 5.11 Å². The van der Waals surface area contributed by atoms with Crippen LogP contribution in [0.5, 0.6) is 5.75 Å². The SMILES string of the molecule is CCNn1ccc2c(N)ccc(O)c21. The minimum Gasteiger partial charge on any atom is -0.506 e. The van der Waals surface area contributed by atoms with Crippen LogP contribution in [0.2, 0.25) is 0 Å². The fourth-order valence-electron chi connectivity index (χ4n) is 1.57. The van der Waals surface area contributed by atoms with Gasteiger partial charge in [0.25, 0.3) is 0 Å². The number of nitrogens with one attached hydrogen (secondary N) is 1. The Labute approximate surface area is 81.9 Å². The number of rotatable bonds is 2. The molecule has 4 N–H and O–H groups in total. The maximum absolute atomic E-state index is 9.68. The molecule has 0 fully saturated rings. The zero-order valence-corrected chi connectivity index (χ0v) is 7.99. The number of aromatic nitrogens is 1. The summed E-state index contributed by atoms with van der Waals surface area (Å²) in [6, 6.07) is 5.19. The Bertz CT molecular complexity index is 462. The molecule has 0 radical (unpaired) electrons. The number of nitrogens with zero attached hydrogens (tertiary/aromatic N) is 1. The van der Waals surface area contributed by atoms with Gasteiger partial charge in [-0.2, -0.15) is 0 Å². The van der Waals surface area contributed by atoms with Crippen molar-refractivity contribution in [3.05, 3.63) is 24.4 Å². The number of fused-ring (bicyclic) bond motifs is 1. The largest absolute Gasteiger partial charge is 0.506 e. The lowest BCUT2D eigenvalue weighted by molar-refractivity contribution is 0.479. The Morgan fingerprint density at radius 3 is 2.93 bits per heavy atom. The average Bonchev–Trinajstić information content (AvgIpc) is 2.58. The first-order valence-electron chi connectivity index (χ1n) is 4.56. The third kappa shape index (κ3) is 1.16. The maximum Gasteiger partial charge on any atom is 0.141 e. The highest BCUT2D eigenvalue weighted by molar-refractivity contribution is 5.95. The van der Waals surface area contributed by atoms with Crippen molar-refractivity contribution in [1.82, 2.24) is 4.68 Å². The monoisotopic (exact) mass is 191 g/mol. The molecule has 0 spiro atoms. The molecule has 0 amide bonds. The number of hydrogen-bond donors (Lipinski definition) is 3. The van der Waals surface area contributed by atoms with Crippen LogP contribution in [0.3, 0.4) is 0 Å². The lowest BCUT2D eigenvalue weighted by atomic mass is 10.2. The first kappa shape index (κ1) is 8.74. The van der Waals surface area contributed by atoms with E-state index in [1.807, 2.05) is 19.2 Å². The molecule has 0 aliphatic rings. The number of aromatic hydroxyl groups is 1. The molecule has 0 saturated carbocycles. The van der Waals surface area contributed by atoms with Gasteiger partial charge in [-0.25, -0.2) is 0 Å². The Morgan fingerprint density at radius 1 is 1.43 bits per heavy atom. The highest BCUT2D eigenvalue weighted by Gasteiger charge is 2.07. The molecule has 2 aromatic rings. The van der Waals surface area contributed by atoms with Crippen molar-refractivity contribution < 1.29 is 5.11 Å². The van der Waals surface area contributed by atoms with Crippen molar-refractivity contribution in [3.8, 4) is 5.75 Å². The zero-order chi connectivity index (χ0) is 10.1. The van der Waals surface area contributed by atoms with E-state index < -0.39 is 0 Å². The van der Waals surface area contributed by atoms with Gasteiger partial charge in [-0.1, -0.05) is 0 Å². The van der Waals surface area contributed by atoms with E-state index in [0.717, 1.165) is 17.4 Å². The van der Waals surface area contributed by atoms with Crippen LogP contribution in [0.1, 0.15) is 6.92 Å². The van der Waals surface area contributed by atoms with Crippen LogP contribution >= 0.6 is 0 Å². The van der Waals surface area contributed by atoms with Gasteiger partial charge < -0.3 is 16.3 Å². The number of anilines is 1. The van der Waals surface area contributed by atoms with Gasteiger partial charge in [0.2, 0.25) is 0 Å². The first-order chi connectivity index (χ1) is 6.74. The third-order valence-corrected chi connectivity index (χ3v) is 2.19. The Morgan fingerprint density at radius 2 is 2.21 bits per heavy atom. The van der Waals surface area contributed by atoms with E-state index in [2.05, 4.69) is 5.43 Å². The van der Waals surface area contributed by atoms with E-state index in [1.54, 1.807) is 16.8 Å². The molecule has 0 atom stereocenters. The van der Waals surface area contributed by atoms with Crippen molar-refractivity contribution >= 4 is 16.6 Å². The van der Waals surface area contributed by atoms with Gasteiger partial charge in [0.15, 0.2) is 0 Å². The number of benzene rings is 1. The average molecular weight is 191 g/mol. The number of phenols is 1. The van der Waals surface area contributed by atoms with Crippen molar-refractivity contribution in [1.29, 1.82) is 0 Å². The second kappa shape index (κ2) is 3.14. The number of nitrogens with two attached hydrogens (primary N) is 1. The molecule has 0 saturated heterocycles. The van der Waals surface area contributed by atoms with Crippen LogP contribution in [0.4, 0.5) is 5.69 Å². The van der Waals surface area contributed by atoms with Crippen LogP contribution in [0.15, 0.2) is 24.4 Å². The molecule has 14 heavy (non-hydrogen) atoms. The van der Waals surface area contributed by atoms with Gasteiger partial charge in [0.1, 0.15) is 11.3 Å². The van der Waals surface area contributed by atoms with Gasteiger partial charge in [-0.15, -0.1) is 0 Å². The maximum atomic E-state index is 9.68. The predicted octanol–water partition coefficient (Wildman–Crippen LogP) is 1.49. The molecular weight excluding hydrogens is 178 g/mol. The summed E-state index contributed by atoms with van der Waals surface area (Å²) < 4.78 is 1.78. The lowest BCUT2D eigenvalue weighted by Gasteiger charge is -2.08. The van der Waals surface area contributed by atoms with Crippen LogP contribution in [-0.2, 0) is 0 Å². The predicted molar refractivity (Wildman–Crippen MR) is 57.9 cm³/mol. The fraction of sp³-hybridized carbons (Fsp3) is 0.200. The number of nitrogen functional groups attached to an aromatic ring is 1. The summed E-state index contributed by atoms with van der Waals surface area (Å²) in [6.07, 6.45) is 1.85.